The van der Waals surface area contributed by atoms with E-state index in [1.165, 1.54) is 7.11 Å². The summed E-state index contributed by atoms with van der Waals surface area (Å²) in [6, 6.07) is 2.36. The summed E-state index contributed by atoms with van der Waals surface area (Å²) in [6.45, 7) is 0.892. The van der Waals surface area contributed by atoms with Crippen LogP contribution in [0.3, 0.4) is 0 Å². The zero-order valence-corrected chi connectivity index (χ0v) is 13.5. The van der Waals surface area contributed by atoms with Gasteiger partial charge in [-0.3, -0.25) is 4.79 Å². The van der Waals surface area contributed by atoms with E-state index in [9.17, 15) is 22.0 Å². The smallest absolute Gasteiger partial charge is 0.246 e. The Kier molecular flexibility index (Phi) is 5.66. The molecule has 1 aromatic rings. The minimum absolute atomic E-state index is 0.0673. The Labute approximate surface area is 133 Å². The number of ether oxygens (including phenoxy) is 1. The van der Waals surface area contributed by atoms with Crippen LogP contribution in [-0.2, 0) is 19.6 Å². The fraction of sp³-hybridized carbons (Fsp3) is 0.500. The fourth-order valence-electron chi connectivity index (χ4n) is 2.35. The number of nitrogens with zero attached hydrogens (tertiary/aromatic N) is 2. The maximum absolute atomic E-state index is 13.7. The summed E-state index contributed by atoms with van der Waals surface area (Å²) >= 11 is 0. The number of sulfonamides is 1. The van der Waals surface area contributed by atoms with Crippen LogP contribution in [0.25, 0.3) is 0 Å². The van der Waals surface area contributed by atoms with E-state index in [1.54, 1.807) is 4.90 Å². The minimum Gasteiger partial charge on any atom is -0.384 e. The van der Waals surface area contributed by atoms with Gasteiger partial charge in [0.15, 0.2) is 0 Å². The normalized spacial score (nSPS) is 16.6. The van der Waals surface area contributed by atoms with Gasteiger partial charge in [0, 0.05) is 39.4 Å². The zero-order chi connectivity index (χ0) is 17.0. The summed E-state index contributed by atoms with van der Waals surface area (Å²) < 4.78 is 57.4. The molecular weight excluding hydrogens is 330 g/mol. The third-order valence-corrected chi connectivity index (χ3v) is 5.56. The molecule has 1 fully saturated rings. The van der Waals surface area contributed by atoms with Crippen LogP contribution in [-0.4, -0.2) is 63.4 Å². The van der Waals surface area contributed by atoms with E-state index in [0.717, 1.165) is 16.4 Å². The molecule has 6 nitrogen and oxygen atoms in total. The molecule has 1 aromatic carbocycles. The standard InChI is InChI=1S/C14H18F2N2O4S/c1-22-9-4-14(19)17-5-7-18(8-6-17)23(20,21)13-3-2-11(15)10-12(13)16/h2-3,10H,4-9H2,1H3. The van der Waals surface area contributed by atoms with Crippen molar-refractivity contribution in [2.75, 3.05) is 39.9 Å². The predicted molar refractivity (Wildman–Crippen MR) is 78.2 cm³/mol. The highest BCUT2D eigenvalue weighted by molar-refractivity contribution is 7.89. The number of rotatable bonds is 5. The van der Waals surface area contributed by atoms with Gasteiger partial charge < -0.3 is 9.64 Å². The second-order valence-electron chi connectivity index (χ2n) is 5.10. The zero-order valence-electron chi connectivity index (χ0n) is 12.7. The highest BCUT2D eigenvalue weighted by Crippen LogP contribution is 2.21. The van der Waals surface area contributed by atoms with Crippen molar-refractivity contribution in [2.24, 2.45) is 0 Å². The number of carbonyl (C=O) groups excluding carboxylic acids is 1. The number of halogens is 2. The molecule has 0 radical (unpaired) electrons. The van der Waals surface area contributed by atoms with E-state index in [1.807, 2.05) is 0 Å². The molecule has 1 aliphatic rings. The highest BCUT2D eigenvalue weighted by Gasteiger charge is 2.31. The van der Waals surface area contributed by atoms with Crippen molar-refractivity contribution in [3.63, 3.8) is 0 Å². The first-order valence-electron chi connectivity index (χ1n) is 7.08. The van der Waals surface area contributed by atoms with Crippen molar-refractivity contribution in [1.82, 2.24) is 9.21 Å². The summed E-state index contributed by atoms with van der Waals surface area (Å²) in [5, 5.41) is 0. The van der Waals surface area contributed by atoms with Crippen LogP contribution in [0.5, 0.6) is 0 Å². The van der Waals surface area contributed by atoms with Gasteiger partial charge in [-0.25, -0.2) is 17.2 Å². The SMILES string of the molecule is COCCC(=O)N1CCN(S(=O)(=O)c2ccc(F)cc2F)CC1. The molecular formula is C14H18F2N2O4S. The van der Waals surface area contributed by atoms with Crippen LogP contribution in [0, 0.1) is 11.6 Å². The first kappa shape index (κ1) is 17.8. The molecule has 0 saturated carbocycles. The van der Waals surface area contributed by atoms with Gasteiger partial charge in [0.05, 0.1) is 13.0 Å². The van der Waals surface area contributed by atoms with Gasteiger partial charge in [0.1, 0.15) is 16.5 Å². The highest BCUT2D eigenvalue weighted by atomic mass is 32.2. The van der Waals surface area contributed by atoms with Crippen LogP contribution in [0.2, 0.25) is 0 Å². The topological polar surface area (TPSA) is 66.9 Å². The predicted octanol–water partition coefficient (Wildman–Crippen LogP) is 0.834. The number of carbonyl (C=O) groups is 1. The second kappa shape index (κ2) is 7.33. The van der Waals surface area contributed by atoms with Crippen LogP contribution >= 0.6 is 0 Å². The molecule has 0 atom stereocenters. The molecule has 9 heteroatoms. The summed E-state index contributed by atoms with van der Waals surface area (Å²) in [5.74, 6) is -2.07. The molecule has 0 spiro atoms. The molecule has 0 aliphatic carbocycles. The molecule has 1 heterocycles. The first-order chi connectivity index (χ1) is 10.9. The molecule has 23 heavy (non-hydrogen) atoms. The first-order valence-corrected chi connectivity index (χ1v) is 8.52. The average Bonchev–Trinajstić information content (AvgIpc) is 2.52. The number of methoxy groups -OCH3 is 1. The summed E-state index contributed by atoms with van der Waals surface area (Å²) in [4.78, 5) is 12.8. The Morgan fingerprint density at radius 3 is 2.43 bits per heavy atom. The molecule has 0 aromatic heterocycles. The Hall–Kier alpha value is -1.58. The van der Waals surface area contributed by atoms with E-state index in [4.69, 9.17) is 4.74 Å². The van der Waals surface area contributed by atoms with E-state index < -0.39 is 26.6 Å². The quantitative estimate of drug-likeness (QED) is 0.791. The van der Waals surface area contributed by atoms with E-state index in [-0.39, 0.29) is 38.5 Å². The number of hydrogen-bond donors (Lipinski definition) is 0. The Morgan fingerprint density at radius 2 is 1.87 bits per heavy atom. The van der Waals surface area contributed by atoms with Gasteiger partial charge in [-0.05, 0) is 12.1 Å². The molecule has 0 unspecified atom stereocenters. The lowest BCUT2D eigenvalue weighted by Crippen LogP contribution is -2.50. The van der Waals surface area contributed by atoms with Crippen LogP contribution in [0.1, 0.15) is 6.42 Å². The number of piperazine rings is 1. The molecule has 1 aliphatic heterocycles. The van der Waals surface area contributed by atoms with Gasteiger partial charge in [-0.15, -0.1) is 0 Å². The number of amides is 1. The number of benzene rings is 1. The monoisotopic (exact) mass is 348 g/mol. The maximum Gasteiger partial charge on any atom is 0.246 e. The largest absolute Gasteiger partial charge is 0.384 e. The maximum atomic E-state index is 13.7. The average molecular weight is 348 g/mol. The molecule has 128 valence electrons. The lowest BCUT2D eigenvalue weighted by atomic mass is 10.3. The van der Waals surface area contributed by atoms with Crippen molar-refractivity contribution < 1.29 is 26.7 Å². The molecule has 2 rings (SSSR count). The van der Waals surface area contributed by atoms with Gasteiger partial charge in [-0.2, -0.15) is 4.31 Å². The number of hydrogen-bond acceptors (Lipinski definition) is 4. The van der Waals surface area contributed by atoms with Crippen molar-refractivity contribution in [2.45, 2.75) is 11.3 Å². The van der Waals surface area contributed by atoms with Crippen molar-refractivity contribution >= 4 is 15.9 Å². The Morgan fingerprint density at radius 1 is 1.22 bits per heavy atom. The van der Waals surface area contributed by atoms with Gasteiger partial charge in [0.2, 0.25) is 15.9 Å². The van der Waals surface area contributed by atoms with Crippen molar-refractivity contribution in [3.8, 4) is 0 Å². The summed E-state index contributed by atoms with van der Waals surface area (Å²) in [6.07, 6.45) is 0.232. The lowest BCUT2D eigenvalue weighted by molar-refractivity contribution is -0.133. The Balaban J connectivity index is 2.05. The van der Waals surface area contributed by atoms with Gasteiger partial charge in [0.25, 0.3) is 0 Å². The van der Waals surface area contributed by atoms with E-state index >= 15 is 0 Å². The molecule has 1 saturated heterocycles. The lowest BCUT2D eigenvalue weighted by Gasteiger charge is -2.34. The molecule has 0 bridgehead atoms. The van der Waals surface area contributed by atoms with Crippen molar-refractivity contribution in [1.29, 1.82) is 0 Å². The fourth-order valence-corrected chi connectivity index (χ4v) is 3.82. The molecule has 0 N–H and O–H groups in total. The second-order valence-corrected chi connectivity index (χ2v) is 7.01. The van der Waals surface area contributed by atoms with Crippen LogP contribution in [0.4, 0.5) is 8.78 Å². The third kappa shape index (κ3) is 4.04. The summed E-state index contributed by atoms with van der Waals surface area (Å²) in [7, 11) is -2.55. The third-order valence-electron chi connectivity index (χ3n) is 3.62. The summed E-state index contributed by atoms with van der Waals surface area (Å²) in [5.41, 5.74) is 0. The van der Waals surface area contributed by atoms with E-state index in [0.29, 0.717) is 12.7 Å². The van der Waals surface area contributed by atoms with Crippen molar-refractivity contribution in [3.05, 3.63) is 29.8 Å². The Bertz CT molecular complexity index is 673. The molecule has 1 amide bonds. The van der Waals surface area contributed by atoms with Gasteiger partial charge in [-0.1, -0.05) is 0 Å². The minimum atomic E-state index is -4.05. The van der Waals surface area contributed by atoms with Crippen LogP contribution < -0.4 is 0 Å². The van der Waals surface area contributed by atoms with Gasteiger partial charge >= 0.3 is 0 Å². The van der Waals surface area contributed by atoms with E-state index in [2.05, 4.69) is 0 Å². The van der Waals surface area contributed by atoms with Crippen LogP contribution in [0.15, 0.2) is 23.1 Å².